The second kappa shape index (κ2) is 5.21. The zero-order chi connectivity index (χ0) is 13.1. The lowest BCUT2D eigenvalue weighted by atomic mass is 9.82. The third-order valence-corrected chi connectivity index (χ3v) is 3.17. The number of hydrogen-bond acceptors (Lipinski definition) is 4. The molecular weight excluding hydrogens is 232 g/mol. The lowest BCUT2D eigenvalue weighted by molar-refractivity contribution is -0.146. The van der Waals surface area contributed by atoms with Crippen LogP contribution in [0.1, 0.15) is 29.3 Å². The molecule has 4 heteroatoms. The van der Waals surface area contributed by atoms with Gasteiger partial charge in [0.25, 0.3) is 0 Å². The summed E-state index contributed by atoms with van der Waals surface area (Å²) in [5.74, 6) is -0.772. The number of aryl methyl sites for hydroxylation is 1. The van der Waals surface area contributed by atoms with E-state index < -0.39 is 11.9 Å². The molecule has 0 aromatic heterocycles. The highest BCUT2D eigenvalue weighted by atomic mass is 16.5. The number of ether oxygens (including phenoxy) is 2. The highest BCUT2D eigenvalue weighted by molar-refractivity contribution is 6.11. The summed E-state index contributed by atoms with van der Waals surface area (Å²) in [5.41, 5.74) is 1.48. The van der Waals surface area contributed by atoms with Crippen LogP contribution in [0, 0.1) is 5.92 Å². The number of fused-ring (bicyclic) bond motifs is 1. The molecule has 2 rings (SSSR count). The first-order valence-electron chi connectivity index (χ1n) is 6.05. The number of carbonyl (C=O) groups is 2. The van der Waals surface area contributed by atoms with Crippen LogP contribution < -0.4 is 4.74 Å². The Morgan fingerprint density at radius 3 is 2.89 bits per heavy atom. The number of methoxy groups -OCH3 is 1. The Kier molecular flexibility index (Phi) is 3.65. The van der Waals surface area contributed by atoms with Gasteiger partial charge >= 0.3 is 5.97 Å². The van der Waals surface area contributed by atoms with Crippen molar-refractivity contribution in [2.24, 2.45) is 5.92 Å². The number of hydrogen-bond donors (Lipinski definition) is 0. The highest BCUT2D eigenvalue weighted by Gasteiger charge is 2.35. The molecule has 0 fully saturated rings. The van der Waals surface area contributed by atoms with Gasteiger partial charge in [-0.2, -0.15) is 0 Å². The third-order valence-electron chi connectivity index (χ3n) is 3.17. The highest BCUT2D eigenvalue weighted by Crippen LogP contribution is 2.32. The molecule has 1 aromatic carbocycles. The number of ketones is 1. The van der Waals surface area contributed by atoms with Crippen LogP contribution in [-0.4, -0.2) is 25.5 Å². The molecule has 0 N–H and O–H groups in total. The molecular formula is C14H16O4. The normalized spacial score (nSPS) is 18.1. The maximum Gasteiger partial charge on any atom is 0.316 e. The minimum absolute atomic E-state index is 0.188. The quantitative estimate of drug-likeness (QED) is 0.606. The lowest BCUT2D eigenvalue weighted by Crippen LogP contribution is -2.31. The zero-order valence-corrected chi connectivity index (χ0v) is 10.6. The van der Waals surface area contributed by atoms with Crippen LogP contribution in [0.25, 0.3) is 0 Å². The Labute approximate surface area is 106 Å². The average molecular weight is 248 g/mol. The lowest BCUT2D eigenvalue weighted by Gasteiger charge is -2.23. The van der Waals surface area contributed by atoms with E-state index in [2.05, 4.69) is 0 Å². The fourth-order valence-corrected chi connectivity index (χ4v) is 2.31. The number of carbonyl (C=O) groups excluding carboxylic acids is 2. The van der Waals surface area contributed by atoms with E-state index in [0.29, 0.717) is 30.8 Å². The Morgan fingerprint density at radius 1 is 1.44 bits per heavy atom. The van der Waals surface area contributed by atoms with Crippen molar-refractivity contribution in [3.05, 3.63) is 29.3 Å². The van der Waals surface area contributed by atoms with Gasteiger partial charge in [-0.15, -0.1) is 0 Å². The van der Waals surface area contributed by atoms with Crippen LogP contribution in [-0.2, 0) is 16.0 Å². The van der Waals surface area contributed by atoms with Gasteiger partial charge in [-0.05, 0) is 31.4 Å². The molecule has 96 valence electrons. The predicted octanol–water partition coefficient (Wildman–Crippen LogP) is 2.00. The molecule has 0 spiro atoms. The summed E-state index contributed by atoms with van der Waals surface area (Å²) in [4.78, 5) is 24.1. The summed E-state index contributed by atoms with van der Waals surface area (Å²) in [6.07, 6.45) is 1.21. The van der Waals surface area contributed by atoms with Gasteiger partial charge in [-0.1, -0.05) is 12.1 Å². The van der Waals surface area contributed by atoms with Crippen molar-refractivity contribution in [3.8, 4) is 5.75 Å². The van der Waals surface area contributed by atoms with Crippen LogP contribution in [0.2, 0.25) is 0 Å². The van der Waals surface area contributed by atoms with Crippen molar-refractivity contribution >= 4 is 11.8 Å². The fourth-order valence-electron chi connectivity index (χ4n) is 2.31. The smallest absolute Gasteiger partial charge is 0.316 e. The van der Waals surface area contributed by atoms with Crippen LogP contribution in [0.15, 0.2) is 18.2 Å². The second-order valence-corrected chi connectivity index (χ2v) is 4.20. The molecule has 1 aromatic rings. The number of benzene rings is 1. The first-order chi connectivity index (χ1) is 8.69. The topological polar surface area (TPSA) is 52.6 Å². The van der Waals surface area contributed by atoms with Crippen molar-refractivity contribution in [1.29, 1.82) is 0 Å². The Hall–Kier alpha value is -1.84. The van der Waals surface area contributed by atoms with Crippen LogP contribution in [0.4, 0.5) is 0 Å². The van der Waals surface area contributed by atoms with Gasteiger partial charge in [0, 0.05) is 0 Å². The molecule has 0 aliphatic heterocycles. The van der Waals surface area contributed by atoms with Crippen LogP contribution >= 0.6 is 0 Å². The molecule has 18 heavy (non-hydrogen) atoms. The van der Waals surface area contributed by atoms with Crippen molar-refractivity contribution in [1.82, 2.24) is 0 Å². The molecule has 4 nitrogen and oxygen atoms in total. The summed E-state index contributed by atoms with van der Waals surface area (Å²) < 4.78 is 10.1. The minimum Gasteiger partial charge on any atom is -0.496 e. The summed E-state index contributed by atoms with van der Waals surface area (Å²) in [6.45, 7) is 2.03. The summed E-state index contributed by atoms with van der Waals surface area (Å²) >= 11 is 0. The van der Waals surface area contributed by atoms with E-state index in [1.807, 2.05) is 12.1 Å². The van der Waals surface area contributed by atoms with E-state index in [4.69, 9.17) is 9.47 Å². The Balaban J connectivity index is 2.35. The average Bonchev–Trinajstić information content (AvgIpc) is 2.38. The first kappa shape index (κ1) is 12.6. The summed E-state index contributed by atoms with van der Waals surface area (Å²) in [7, 11) is 1.52. The minimum atomic E-state index is -0.686. The second-order valence-electron chi connectivity index (χ2n) is 4.20. The van der Waals surface area contributed by atoms with Gasteiger partial charge in [0.2, 0.25) is 0 Å². The van der Waals surface area contributed by atoms with E-state index in [1.165, 1.54) is 7.11 Å². The Bertz CT molecular complexity index is 464. The standard InChI is InChI=1S/C14H16O4/c1-3-18-14(16)10-8-7-9-5-4-6-11(17-2)12(9)13(10)15/h4-6,10H,3,7-8H2,1-2H3/t10-/m0/s1. The van der Waals surface area contributed by atoms with Gasteiger partial charge in [0.05, 0.1) is 19.3 Å². The number of Topliss-reactive ketones (excluding diaryl/α,β-unsaturated/α-hetero) is 1. The van der Waals surface area contributed by atoms with E-state index >= 15 is 0 Å². The molecule has 0 saturated carbocycles. The monoisotopic (exact) mass is 248 g/mol. The van der Waals surface area contributed by atoms with Crippen molar-refractivity contribution in [3.63, 3.8) is 0 Å². The van der Waals surface area contributed by atoms with E-state index in [0.717, 1.165) is 5.56 Å². The Morgan fingerprint density at radius 2 is 2.22 bits per heavy atom. The van der Waals surface area contributed by atoms with E-state index in [9.17, 15) is 9.59 Å². The van der Waals surface area contributed by atoms with Crippen molar-refractivity contribution < 1.29 is 19.1 Å². The van der Waals surface area contributed by atoms with Crippen molar-refractivity contribution in [2.45, 2.75) is 19.8 Å². The predicted molar refractivity (Wildman–Crippen MR) is 65.8 cm³/mol. The van der Waals surface area contributed by atoms with Gasteiger partial charge in [0.1, 0.15) is 11.7 Å². The molecule has 0 bridgehead atoms. The zero-order valence-electron chi connectivity index (χ0n) is 10.6. The molecule has 1 aliphatic carbocycles. The van der Waals surface area contributed by atoms with Gasteiger partial charge in [-0.25, -0.2) is 0 Å². The van der Waals surface area contributed by atoms with E-state index in [1.54, 1.807) is 13.0 Å². The molecule has 0 radical (unpaired) electrons. The van der Waals surface area contributed by atoms with Crippen molar-refractivity contribution in [2.75, 3.05) is 13.7 Å². The molecule has 1 atom stereocenters. The molecule has 0 amide bonds. The molecule has 0 heterocycles. The third kappa shape index (κ3) is 2.10. The number of esters is 1. The first-order valence-corrected chi connectivity index (χ1v) is 6.05. The molecule has 0 unspecified atom stereocenters. The van der Waals surface area contributed by atoms with Gasteiger partial charge in [-0.3, -0.25) is 9.59 Å². The molecule has 1 aliphatic rings. The summed E-state index contributed by atoms with van der Waals surface area (Å²) in [6, 6.07) is 5.50. The number of rotatable bonds is 3. The SMILES string of the molecule is CCOC(=O)[C@H]1CCc2cccc(OC)c2C1=O. The van der Waals surface area contributed by atoms with Crippen LogP contribution in [0.3, 0.4) is 0 Å². The van der Waals surface area contributed by atoms with Gasteiger partial charge in [0.15, 0.2) is 5.78 Å². The summed E-state index contributed by atoms with van der Waals surface area (Å²) in [5, 5.41) is 0. The van der Waals surface area contributed by atoms with E-state index in [-0.39, 0.29) is 5.78 Å². The maximum absolute atomic E-state index is 12.3. The van der Waals surface area contributed by atoms with Crippen LogP contribution in [0.5, 0.6) is 5.75 Å². The fraction of sp³-hybridized carbons (Fsp3) is 0.429. The maximum atomic E-state index is 12.3. The molecule has 0 saturated heterocycles. The van der Waals surface area contributed by atoms with Gasteiger partial charge < -0.3 is 9.47 Å². The largest absolute Gasteiger partial charge is 0.496 e.